The van der Waals surface area contributed by atoms with Gasteiger partial charge in [-0.15, -0.1) is 11.3 Å². The van der Waals surface area contributed by atoms with Gasteiger partial charge in [0.15, 0.2) is 5.69 Å². The molecule has 0 bridgehead atoms. The Kier molecular flexibility index (Phi) is 7.56. The Morgan fingerprint density at radius 3 is 2.40 bits per heavy atom. The van der Waals surface area contributed by atoms with Gasteiger partial charge in [-0.2, -0.15) is 13.6 Å². The molecule has 0 saturated heterocycles. The number of amides is 1. The van der Waals surface area contributed by atoms with Crippen LogP contribution in [-0.2, 0) is 26.3 Å². The summed E-state index contributed by atoms with van der Waals surface area (Å²) in [5.74, 6) is -0.615. The van der Waals surface area contributed by atoms with Gasteiger partial charge in [0.1, 0.15) is 10.8 Å². The predicted molar refractivity (Wildman–Crippen MR) is 112 cm³/mol. The number of benzene rings is 1. The number of hydrogen-bond acceptors (Lipinski definition) is 8. The molecule has 164 valence electrons. The second kappa shape index (κ2) is 9.54. The zero-order valence-electron chi connectivity index (χ0n) is 17.2. The number of nitrogens with zero attached hydrogens (tertiary/aromatic N) is 1. The fourth-order valence-corrected chi connectivity index (χ4v) is 3.59. The minimum atomic E-state index is -4.11. The van der Waals surface area contributed by atoms with Gasteiger partial charge in [0.25, 0.3) is 0 Å². The third-order valence-corrected chi connectivity index (χ3v) is 5.25. The van der Waals surface area contributed by atoms with E-state index in [4.69, 9.17) is 9.88 Å². The molecule has 1 amide bonds. The molecule has 0 aliphatic carbocycles. The first-order valence-electron chi connectivity index (χ1n) is 9.13. The van der Waals surface area contributed by atoms with E-state index in [2.05, 4.69) is 14.5 Å². The lowest BCUT2D eigenvalue weighted by Gasteiger charge is -2.23. The van der Waals surface area contributed by atoms with Gasteiger partial charge in [0.2, 0.25) is 5.91 Å². The second-order valence-electron chi connectivity index (χ2n) is 7.49. The van der Waals surface area contributed by atoms with Gasteiger partial charge in [-0.3, -0.25) is 4.79 Å². The average Bonchev–Trinajstić information content (AvgIpc) is 3.11. The maximum atomic E-state index is 12.6. The first-order valence-corrected chi connectivity index (χ1v) is 11.5. The van der Waals surface area contributed by atoms with Gasteiger partial charge in [-0.25, -0.2) is 9.78 Å². The third-order valence-electron chi connectivity index (χ3n) is 3.87. The van der Waals surface area contributed by atoms with Crippen molar-refractivity contribution in [2.24, 2.45) is 10.6 Å². The van der Waals surface area contributed by atoms with E-state index in [-0.39, 0.29) is 24.0 Å². The maximum Gasteiger partial charge on any atom is 0.380 e. The number of esters is 1. The van der Waals surface area contributed by atoms with Crippen LogP contribution in [0.1, 0.15) is 54.8 Å². The van der Waals surface area contributed by atoms with Crippen LogP contribution >= 0.6 is 11.3 Å². The van der Waals surface area contributed by atoms with Gasteiger partial charge in [-0.05, 0) is 31.0 Å². The number of nitrogens with two attached hydrogens (primary N) is 1. The lowest BCUT2D eigenvalue weighted by molar-refractivity contribution is -0.129. The van der Waals surface area contributed by atoms with E-state index in [1.54, 1.807) is 45.2 Å². The monoisotopic (exact) mass is 455 g/mol. The number of aromatic nitrogens is 1. The lowest BCUT2D eigenvalue weighted by Crippen LogP contribution is -2.38. The van der Waals surface area contributed by atoms with Gasteiger partial charge < -0.3 is 14.2 Å². The Labute approximate surface area is 179 Å². The molecule has 1 atom stereocenters. The zero-order valence-corrected chi connectivity index (χ0v) is 18.8. The fourth-order valence-electron chi connectivity index (χ4n) is 2.37. The number of rotatable bonds is 8. The highest BCUT2D eigenvalue weighted by atomic mass is 32.2. The molecule has 3 N–H and O–H groups in total. The van der Waals surface area contributed by atoms with Crippen molar-refractivity contribution in [3.8, 4) is 5.75 Å². The third kappa shape index (κ3) is 7.08. The number of carbonyl (C=O) groups excluding carboxylic acids is 2. The van der Waals surface area contributed by atoms with E-state index in [0.29, 0.717) is 11.4 Å². The van der Waals surface area contributed by atoms with E-state index in [9.17, 15) is 18.0 Å². The molecule has 9 nitrogen and oxygen atoms in total. The van der Waals surface area contributed by atoms with E-state index in [1.807, 2.05) is 0 Å². The van der Waals surface area contributed by atoms with Crippen molar-refractivity contribution < 1.29 is 26.9 Å². The Balaban J connectivity index is 2.26. The van der Waals surface area contributed by atoms with Crippen molar-refractivity contribution in [2.45, 2.75) is 40.2 Å². The zero-order chi connectivity index (χ0) is 22.5. The second-order valence-corrected chi connectivity index (χ2v) is 9.53. The number of nitrogens with one attached hydrogen (secondary N) is 1. The predicted octanol–water partition coefficient (Wildman–Crippen LogP) is 2.35. The summed E-state index contributed by atoms with van der Waals surface area (Å²) in [6, 6.07) is 5.77. The molecule has 0 aliphatic rings. The number of hydrogen-bond donors (Lipinski definition) is 2. The van der Waals surface area contributed by atoms with Crippen molar-refractivity contribution >= 4 is 33.5 Å². The van der Waals surface area contributed by atoms with Crippen LogP contribution in [0, 0.1) is 5.41 Å². The molecule has 1 aromatic carbocycles. The van der Waals surface area contributed by atoms with Gasteiger partial charge in [0.05, 0.1) is 12.6 Å². The fraction of sp³-hybridized carbons (Fsp3) is 0.421. The molecule has 11 heteroatoms. The first-order chi connectivity index (χ1) is 13.9. The van der Waals surface area contributed by atoms with Gasteiger partial charge in [0, 0.05) is 10.8 Å². The molecule has 0 aliphatic heterocycles. The molecular weight excluding hydrogens is 430 g/mol. The maximum absolute atomic E-state index is 12.6. The molecule has 1 aromatic heterocycles. The van der Waals surface area contributed by atoms with E-state index >= 15 is 0 Å². The molecule has 1 heterocycles. The Morgan fingerprint density at radius 2 is 1.87 bits per heavy atom. The number of carbonyl (C=O) groups is 2. The van der Waals surface area contributed by atoms with E-state index in [1.165, 1.54) is 23.5 Å². The lowest BCUT2D eigenvalue weighted by atomic mass is 9.94. The van der Waals surface area contributed by atoms with E-state index < -0.39 is 27.7 Å². The topological polar surface area (TPSA) is 138 Å². The Hall–Kier alpha value is -2.50. The van der Waals surface area contributed by atoms with Gasteiger partial charge >= 0.3 is 16.3 Å². The molecule has 2 rings (SSSR count). The summed E-state index contributed by atoms with van der Waals surface area (Å²) in [5, 5.41) is 9.98. The molecular formula is C19H25N3O6S2. The molecule has 30 heavy (non-hydrogen) atoms. The number of ether oxygens (including phenoxy) is 1. The summed E-state index contributed by atoms with van der Waals surface area (Å²) < 4.78 is 31.7. The van der Waals surface area contributed by atoms with Crippen LogP contribution in [0.4, 0.5) is 0 Å². The van der Waals surface area contributed by atoms with Crippen molar-refractivity contribution in [3.05, 3.63) is 45.9 Å². The molecule has 1 unspecified atom stereocenters. The number of thiazole rings is 1. The van der Waals surface area contributed by atoms with Crippen molar-refractivity contribution in [1.82, 2.24) is 10.3 Å². The van der Waals surface area contributed by atoms with Crippen LogP contribution in [0.5, 0.6) is 5.75 Å². The summed E-state index contributed by atoms with van der Waals surface area (Å²) >= 11 is 1.25. The van der Waals surface area contributed by atoms with Crippen LogP contribution < -0.4 is 14.6 Å². The first kappa shape index (κ1) is 23.8. The summed E-state index contributed by atoms with van der Waals surface area (Å²) in [4.78, 5) is 28.8. The minimum Gasteiger partial charge on any atom is -0.461 e. The van der Waals surface area contributed by atoms with Crippen molar-refractivity contribution in [1.29, 1.82) is 0 Å². The highest BCUT2D eigenvalue weighted by molar-refractivity contribution is 7.84. The van der Waals surface area contributed by atoms with Crippen LogP contribution in [0.25, 0.3) is 0 Å². The Bertz CT molecular complexity index is 994. The summed E-state index contributed by atoms with van der Waals surface area (Å²) in [6.07, 6.45) is 0.368. The van der Waals surface area contributed by atoms with Crippen LogP contribution in [-0.4, -0.2) is 31.9 Å². The van der Waals surface area contributed by atoms with Crippen molar-refractivity contribution in [2.75, 3.05) is 6.61 Å². The van der Waals surface area contributed by atoms with E-state index in [0.717, 1.165) is 5.56 Å². The highest BCUT2D eigenvalue weighted by Crippen LogP contribution is 2.26. The molecule has 0 saturated carbocycles. The molecule has 2 aromatic rings. The Morgan fingerprint density at radius 1 is 1.23 bits per heavy atom. The average molecular weight is 456 g/mol. The molecule has 0 fully saturated rings. The molecule has 0 spiro atoms. The molecule has 0 radical (unpaired) electrons. The minimum absolute atomic E-state index is 0.0790. The largest absolute Gasteiger partial charge is 0.461 e. The van der Waals surface area contributed by atoms with Gasteiger partial charge in [-0.1, -0.05) is 32.9 Å². The SMILES string of the molecule is CCOC(=O)c1csc(C(Cc2ccc(OS(N)(=O)=O)cc2)NC(=O)C(C)(C)C)n1. The summed E-state index contributed by atoms with van der Waals surface area (Å²) in [7, 11) is -4.11. The quantitative estimate of drug-likeness (QED) is 0.583. The van der Waals surface area contributed by atoms with Crippen LogP contribution in [0.2, 0.25) is 0 Å². The highest BCUT2D eigenvalue weighted by Gasteiger charge is 2.27. The smallest absolute Gasteiger partial charge is 0.380 e. The summed E-state index contributed by atoms with van der Waals surface area (Å²) in [5.41, 5.74) is 0.361. The van der Waals surface area contributed by atoms with Crippen LogP contribution in [0.15, 0.2) is 29.6 Å². The standard InChI is InChI=1S/C19H25N3O6S2/c1-5-27-17(23)15-11-29-16(21-15)14(22-18(24)19(2,3)4)10-12-6-8-13(9-7-12)28-30(20,25)26/h6-9,11,14H,5,10H2,1-4H3,(H,22,24)(H2,20,25,26). The van der Waals surface area contributed by atoms with Crippen molar-refractivity contribution in [3.63, 3.8) is 0 Å². The normalized spacial score (nSPS) is 12.8. The van der Waals surface area contributed by atoms with Crippen LogP contribution in [0.3, 0.4) is 0 Å². The summed E-state index contributed by atoms with van der Waals surface area (Å²) in [6.45, 7) is 7.34.